The summed E-state index contributed by atoms with van der Waals surface area (Å²) in [6, 6.07) is 6.76. The highest BCUT2D eigenvalue weighted by molar-refractivity contribution is 7.92. The smallest absolute Gasteiger partial charge is 0.265 e. The van der Waals surface area contributed by atoms with Crippen molar-refractivity contribution < 1.29 is 13.2 Å². The fourth-order valence-corrected chi connectivity index (χ4v) is 8.32. The first kappa shape index (κ1) is 22.4. The van der Waals surface area contributed by atoms with Crippen LogP contribution in [0.3, 0.4) is 0 Å². The maximum atomic E-state index is 13.4. The van der Waals surface area contributed by atoms with E-state index in [9.17, 15) is 13.2 Å². The highest BCUT2D eigenvalue weighted by atomic mass is 32.2. The molecule has 0 saturated heterocycles. The summed E-state index contributed by atoms with van der Waals surface area (Å²) >= 11 is 0. The monoisotopic (exact) mass is 470 g/mol. The third-order valence-corrected chi connectivity index (χ3v) is 10.2. The molecule has 1 heterocycles. The molecule has 4 saturated carbocycles. The Hall–Kier alpha value is -2.35. The second kappa shape index (κ2) is 7.86. The van der Waals surface area contributed by atoms with Gasteiger partial charge in [0.05, 0.1) is 11.1 Å². The van der Waals surface area contributed by atoms with Crippen molar-refractivity contribution in [1.29, 1.82) is 0 Å². The minimum absolute atomic E-state index is 0.0467. The van der Waals surface area contributed by atoms with Gasteiger partial charge in [0.2, 0.25) is 0 Å². The maximum absolute atomic E-state index is 13.4. The molecule has 0 radical (unpaired) electrons. The van der Waals surface area contributed by atoms with Crippen molar-refractivity contribution in [1.82, 2.24) is 15.1 Å². The summed E-state index contributed by atoms with van der Waals surface area (Å²) in [6.45, 7) is 4.04. The zero-order valence-electron chi connectivity index (χ0n) is 19.9. The number of benzene rings is 1. The molecule has 33 heavy (non-hydrogen) atoms. The van der Waals surface area contributed by atoms with Crippen LogP contribution in [0, 0.1) is 30.1 Å². The number of aryl methyl sites for hydroxylation is 2. The predicted octanol–water partition coefficient (Wildman–Crippen LogP) is 3.89. The SMILES string of the molecule is Cc1ccc(S(=O)(=O)N(C)c2c(C(=O)NC(C)C34CC5CC(CC(C5)C3)C4)cnn2C)cc1. The number of rotatable bonds is 6. The number of hydrogen-bond acceptors (Lipinski definition) is 4. The van der Waals surface area contributed by atoms with Gasteiger partial charge in [0.1, 0.15) is 5.56 Å². The first-order valence-electron chi connectivity index (χ1n) is 12.0. The van der Waals surface area contributed by atoms with E-state index < -0.39 is 10.0 Å². The number of hydrogen-bond donors (Lipinski definition) is 1. The molecule has 1 amide bonds. The Kier molecular flexibility index (Phi) is 5.34. The Balaban J connectivity index is 1.39. The number of amides is 1. The molecule has 1 aromatic heterocycles. The zero-order valence-corrected chi connectivity index (χ0v) is 20.7. The summed E-state index contributed by atoms with van der Waals surface area (Å²) in [6.07, 6.45) is 9.13. The average Bonchev–Trinajstić information content (AvgIpc) is 3.13. The van der Waals surface area contributed by atoms with Crippen LogP contribution in [0.1, 0.15) is 61.4 Å². The van der Waals surface area contributed by atoms with E-state index >= 15 is 0 Å². The standard InChI is InChI=1S/C25H34N4O3S/c1-16-5-7-21(8-6-16)33(31,32)29(4)24-22(15-26-28(24)3)23(30)27-17(2)25-12-18-9-19(13-25)11-20(10-18)14-25/h5-8,15,17-20H,9-14H2,1-4H3,(H,27,30). The molecule has 0 spiro atoms. The molecule has 6 rings (SSSR count). The molecular formula is C25H34N4O3S. The van der Waals surface area contributed by atoms with Crippen molar-refractivity contribution >= 4 is 21.7 Å². The van der Waals surface area contributed by atoms with Crippen LogP contribution < -0.4 is 9.62 Å². The number of aromatic nitrogens is 2. The summed E-state index contributed by atoms with van der Waals surface area (Å²) in [5.41, 5.74) is 1.44. The minimum atomic E-state index is -3.83. The van der Waals surface area contributed by atoms with Crippen LogP contribution >= 0.6 is 0 Å². The Morgan fingerprint density at radius 3 is 2.21 bits per heavy atom. The highest BCUT2D eigenvalue weighted by Gasteiger charge is 2.53. The van der Waals surface area contributed by atoms with Crippen molar-refractivity contribution in [2.45, 2.75) is 63.3 Å². The largest absolute Gasteiger partial charge is 0.349 e. The Labute approximate surface area is 196 Å². The van der Waals surface area contributed by atoms with Crippen molar-refractivity contribution in [3.8, 4) is 0 Å². The van der Waals surface area contributed by atoms with Gasteiger partial charge in [-0.05, 0) is 87.7 Å². The molecule has 1 N–H and O–H groups in total. The molecule has 0 aliphatic heterocycles. The van der Waals surface area contributed by atoms with Gasteiger partial charge in [-0.2, -0.15) is 5.10 Å². The highest BCUT2D eigenvalue weighted by Crippen LogP contribution is 2.61. The van der Waals surface area contributed by atoms with Crippen LogP contribution in [-0.4, -0.2) is 37.2 Å². The molecule has 4 fully saturated rings. The number of sulfonamides is 1. The molecule has 4 aliphatic rings. The van der Waals surface area contributed by atoms with E-state index in [0.29, 0.717) is 0 Å². The summed E-state index contributed by atoms with van der Waals surface area (Å²) in [7, 11) is -0.690. The lowest BCUT2D eigenvalue weighted by Gasteiger charge is -2.59. The molecule has 4 bridgehead atoms. The summed E-state index contributed by atoms with van der Waals surface area (Å²) in [4.78, 5) is 13.6. The van der Waals surface area contributed by atoms with E-state index in [1.165, 1.54) is 56.5 Å². The summed E-state index contributed by atoms with van der Waals surface area (Å²) in [5.74, 6) is 2.42. The quantitative estimate of drug-likeness (QED) is 0.694. The number of nitrogens with one attached hydrogen (secondary N) is 1. The lowest BCUT2D eigenvalue weighted by atomic mass is 9.48. The predicted molar refractivity (Wildman–Crippen MR) is 128 cm³/mol. The average molecular weight is 471 g/mol. The van der Waals surface area contributed by atoms with Crippen LogP contribution in [0.4, 0.5) is 5.82 Å². The van der Waals surface area contributed by atoms with Crippen LogP contribution in [0.5, 0.6) is 0 Å². The number of anilines is 1. The normalized spacial score (nSPS) is 29.2. The number of carbonyl (C=O) groups excluding carboxylic acids is 1. The Bertz CT molecular complexity index is 1130. The first-order valence-corrected chi connectivity index (χ1v) is 13.4. The van der Waals surface area contributed by atoms with E-state index in [0.717, 1.165) is 27.6 Å². The third kappa shape index (κ3) is 3.76. The van der Waals surface area contributed by atoms with E-state index in [4.69, 9.17) is 0 Å². The third-order valence-electron chi connectivity index (χ3n) is 8.48. The van der Waals surface area contributed by atoms with Gasteiger partial charge in [-0.15, -0.1) is 0 Å². The molecule has 2 aromatic rings. The van der Waals surface area contributed by atoms with E-state index in [1.54, 1.807) is 31.3 Å². The molecule has 178 valence electrons. The second-order valence-electron chi connectivity index (χ2n) is 10.8. The fraction of sp³-hybridized carbons (Fsp3) is 0.600. The van der Waals surface area contributed by atoms with Crippen molar-refractivity contribution in [3.05, 3.63) is 41.6 Å². The van der Waals surface area contributed by atoms with E-state index in [2.05, 4.69) is 17.3 Å². The lowest BCUT2D eigenvalue weighted by molar-refractivity contribution is -0.0687. The first-order chi connectivity index (χ1) is 15.6. The molecule has 1 aromatic carbocycles. The van der Waals surface area contributed by atoms with Gasteiger partial charge in [-0.25, -0.2) is 8.42 Å². The zero-order chi connectivity index (χ0) is 23.5. The van der Waals surface area contributed by atoms with E-state index in [1.807, 2.05) is 6.92 Å². The van der Waals surface area contributed by atoms with Crippen molar-refractivity contribution in [2.75, 3.05) is 11.4 Å². The van der Waals surface area contributed by atoms with Gasteiger partial charge in [-0.1, -0.05) is 17.7 Å². The molecular weight excluding hydrogens is 436 g/mol. The second-order valence-corrected chi connectivity index (χ2v) is 12.7. The molecule has 7 nitrogen and oxygen atoms in total. The number of carbonyl (C=O) groups is 1. The number of nitrogens with zero attached hydrogens (tertiary/aromatic N) is 3. The van der Waals surface area contributed by atoms with Gasteiger partial charge in [0, 0.05) is 20.1 Å². The van der Waals surface area contributed by atoms with E-state index in [-0.39, 0.29) is 33.6 Å². The molecule has 1 unspecified atom stereocenters. The van der Waals surface area contributed by atoms with Crippen LogP contribution in [-0.2, 0) is 17.1 Å². The Morgan fingerprint density at radius 1 is 1.12 bits per heavy atom. The topological polar surface area (TPSA) is 84.3 Å². The van der Waals surface area contributed by atoms with Gasteiger partial charge >= 0.3 is 0 Å². The van der Waals surface area contributed by atoms with Gasteiger partial charge < -0.3 is 5.32 Å². The molecule has 8 heteroatoms. The Morgan fingerprint density at radius 2 is 1.67 bits per heavy atom. The van der Waals surface area contributed by atoms with Crippen LogP contribution in [0.15, 0.2) is 35.4 Å². The van der Waals surface area contributed by atoms with Gasteiger partial charge in [0.15, 0.2) is 5.82 Å². The molecule has 4 aliphatic carbocycles. The molecule has 1 atom stereocenters. The minimum Gasteiger partial charge on any atom is -0.349 e. The van der Waals surface area contributed by atoms with Gasteiger partial charge in [-0.3, -0.25) is 13.8 Å². The lowest BCUT2D eigenvalue weighted by Crippen LogP contribution is -2.55. The summed E-state index contributed by atoms with van der Waals surface area (Å²) < 4.78 is 29.2. The maximum Gasteiger partial charge on any atom is 0.265 e. The van der Waals surface area contributed by atoms with Crippen LogP contribution in [0.25, 0.3) is 0 Å². The van der Waals surface area contributed by atoms with Gasteiger partial charge in [0.25, 0.3) is 15.9 Å². The van der Waals surface area contributed by atoms with Crippen molar-refractivity contribution in [2.24, 2.45) is 30.2 Å². The summed E-state index contributed by atoms with van der Waals surface area (Å²) in [5, 5.41) is 7.48. The van der Waals surface area contributed by atoms with Crippen molar-refractivity contribution in [3.63, 3.8) is 0 Å². The van der Waals surface area contributed by atoms with Crippen LogP contribution in [0.2, 0.25) is 0 Å². The fourth-order valence-electron chi connectivity index (χ4n) is 7.08.